The van der Waals surface area contributed by atoms with Gasteiger partial charge in [-0.1, -0.05) is 0 Å². The van der Waals surface area contributed by atoms with Crippen molar-refractivity contribution in [3.63, 3.8) is 0 Å². The van der Waals surface area contributed by atoms with Gasteiger partial charge in [0.05, 0.1) is 6.04 Å². The van der Waals surface area contributed by atoms with E-state index in [1.165, 1.54) is 0 Å². The van der Waals surface area contributed by atoms with Gasteiger partial charge in [0.2, 0.25) is 5.91 Å². The molecule has 1 rings (SSSR count). The highest BCUT2D eigenvalue weighted by Gasteiger charge is 2.24. The molecule has 0 bridgehead atoms. The lowest BCUT2D eigenvalue weighted by molar-refractivity contribution is -0.125. The van der Waals surface area contributed by atoms with Crippen molar-refractivity contribution in [1.29, 1.82) is 0 Å². The fourth-order valence-electron chi connectivity index (χ4n) is 0.648. The molecule has 1 fully saturated rings. The van der Waals surface area contributed by atoms with Crippen LogP contribution < -0.4 is 5.73 Å². The zero-order valence-corrected chi connectivity index (χ0v) is 4.33. The second-order valence-electron chi connectivity index (χ2n) is 1.85. The molecular formula is C4H7N2O2-. The Bertz CT molecular complexity index is 115. The molecule has 0 aromatic carbocycles. The number of rotatable bonds is 1. The molecule has 8 heavy (non-hydrogen) atoms. The molecule has 1 aliphatic rings. The van der Waals surface area contributed by atoms with Gasteiger partial charge < -0.3 is 16.0 Å². The molecule has 1 unspecified atom stereocenters. The van der Waals surface area contributed by atoms with Crippen LogP contribution in [0.1, 0.15) is 6.42 Å². The number of hydroxylamine groups is 2. The average Bonchev–Trinajstić information content (AvgIpc) is 1.61. The SMILES string of the molecule is NC(=O)C1CCN1[O-]. The van der Waals surface area contributed by atoms with Crippen LogP contribution in [0.5, 0.6) is 0 Å². The predicted octanol–water partition coefficient (Wildman–Crippen LogP) is -0.956. The Morgan fingerprint density at radius 1 is 1.88 bits per heavy atom. The summed E-state index contributed by atoms with van der Waals surface area (Å²) in [5.41, 5.74) is 4.81. The second-order valence-corrected chi connectivity index (χ2v) is 1.85. The molecule has 0 aromatic heterocycles. The maximum atomic E-state index is 10.3. The zero-order chi connectivity index (χ0) is 6.15. The van der Waals surface area contributed by atoms with E-state index in [-0.39, 0.29) is 0 Å². The molecule has 46 valence electrons. The number of primary amides is 1. The lowest BCUT2D eigenvalue weighted by Crippen LogP contribution is -2.51. The van der Waals surface area contributed by atoms with E-state index >= 15 is 0 Å². The molecule has 0 radical (unpaired) electrons. The summed E-state index contributed by atoms with van der Waals surface area (Å²) in [6, 6.07) is -0.532. The van der Waals surface area contributed by atoms with Crippen molar-refractivity contribution in [2.24, 2.45) is 5.73 Å². The van der Waals surface area contributed by atoms with Crippen LogP contribution >= 0.6 is 0 Å². The smallest absolute Gasteiger partial charge is 0.233 e. The predicted molar refractivity (Wildman–Crippen MR) is 27.7 cm³/mol. The third-order valence-corrected chi connectivity index (χ3v) is 1.30. The van der Waals surface area contributed by atoms with Crippen LogP contribution in [-0.2, 0) is 4.79 Å². The summed E-state index contributed by atoms with van der Waals surface area (Å²) in [7, 11) is 0. The molecule has 0 aromatic rings. The van der Waals surface area contributed by atoms with Gasteiger partial charge >= 0.3 is 0 Å². The third kappa shape index (κ3) is 0.677. The summed E-state index contributed by atoms with van der Waals surface area (Å²) in [5.74, 6) is -0.508. The summed E-state index contributed by atoms with van der Waals surface area (Å²) >= 11 is 0. The van der Waals surface area contributed by atoms with E-state index in [0.29, 0.717) is 18.0 Å². The van der Waals surface area contributed by atoms with Crippen molar-refractivity contribution in [2.75, 3.05) is 6.54 Å². The fraction of sp³-hybridized carbons (Fsp3) is 0.750. The van der Waals surface area contributed by atoms with E-state index in [4.69, 9.17) is 5.73 Å². The Hall–Kier alpha value is -0.610. The van der Waals surface area contributed by atoms with Gasteiger partial charge in [-0.2, -0.15) is 0 Å². The van der Waals surface area contributed by atoms with Crippen LogP contribution in [0, 0.1) is 5.21 Å². The molecule has 2 N–H and O–H groups in total. The zero-order valence-electron chi connectivity index (χ0n) is 4.33. The van der Waals surface area contributed by atoms with E-state index in [1.807, 2.05) is 0 Å². The summed E-state index contributed by atoms with van der Waals surface area (Å²) < 4.78 is 0. The maximum Gasteiger partial charge on any atom is 0.233 e. The Balaban J connectivity index is 2.37. The molecule has 1 heterocycles. The maximum absolute atomic E-state index is 10.3. The summed E-state index contributed by atoms with van der Waals surface area (Å²) in [4.78, 5) is 10.2. The topological polar surface area (TPSA) is 69.4 Å². The normalized spacial score (nSPS) is 29.4. The summed E-state index contributed by atoms with van der Waals surface area (Å²) in [6.07, 6.45) is 0.624. The highest BCUT2D eigenvalue weighted by Crippen LogP contribution is 2.13. The monoisotopic (exact) mass is 115 g/mol. The van der Waals surface area contributed by atoms with Crippen LogP contribution in [-0.4, -0.2) is 23.6 Å². The van der Waals surface area contributed by atoms with E-state index in [1.54, 1.807) is 0 Å². The number of hydrogen-bond donors (Lipinski definition) is 1. The molecule has 4 nitrogen and oxygen atoms in total. The highest BCUT2D eigenvalue weighted by atomic mass is 16.5. The van der Waals surface area contributed by atoms with Gasteiger partial charge in [0.1, 0.15) is 0 Å². The summed E-state index contributed by atoms with van der Waals surface area (Å²) in [5, 5.41) is 11.0. The Morgan fingerprint density at radius 3 is 2.50 bits per heavy atom. The molecule has 1 saturated heterocycles. The summed E-state index contributed by atoms with van der Waals surface area (Å²) in [6.45, 7) is 0.452. The van der Waals surface area contributed by atoms with Crippen LogP contribution in [0.3, 0.4) is 0 Å². The first-order valence-corrected chi connectivity index (χ1v) is 2.45. The average molecular weight is 115 g/mol. The largest absolute Gasteiger partial charge is 0.785 e. The van der Waals surface area contributed by atoms with Gasteiger partial charge in [0.25, 0.3) is 0 Å². The van der Waals surface area contributed by atoms with E-state index in [0.717, 1.165) is 0 Å². The first-order chi connectivity index (χ1) is 3.72. The van der Waals surface area contributed by atoms with Crippen LogP contribution in [0.4, 0.5) is 0 Å². The quantitative estimate of drug-likeness (QED) is 0.478. The van der Waals surface area contributed by atoms with Gasteiger partial charge in [-0.25, -0.2) is 0 Å². The van der Waals surface area contributed by atoms with Gasteiger partial charge in [0, 0.05) is 0 Å². The van der Waals surface area contributed by atoms with Crippen molar-refractivity contribution >= 4 is 5.91 Å². The molecule has 1 amide bonds. The van der Waals surface area contributed by atoms with E-state index in [2.05, 4.69) is 0 Å². The number of carbonyl (C=O) groups excluding carboxylic acids is 1. The molecule has 0 spiro atoms. The van der Waals surface area contributed by atoms with Crippen LogP contribution in [0.2, 0.25) is 0 Å². The van der Waals surface area contributed by atoms with Gasteiger partial charge in [-0.05, 0) is 13.0 Å². The van der Waals surface area contributed by atoms with Gasteiger partial charge in [0.15, 0.2) is 0 Å². The Morgan fingerprint density at radius 2 is 2.50 bits per heavy atom. The first-order valence-electron chi connectivity index (χ1n) is 2.45. The second kappa shape index (κ2) is 1.72. The third-order valence-electron chi connectivity index (χ3n) is 1.30. The fourth-order valence-corrected chi connectivity index (χ4v) is 0.648. The van der Waals surface area contributed by atoms with E-state index in [9.17, 15) is 10.0 Å². The molecule has 0 aliphatic carbocycles. The lowest BCUT2D eigenvalue weighted by atomic mass is 10.1. The first kappa shape index (κ1) is 5.53. The Labute approximate surface area is 46.8 Å². The number of amides is 1. The van der Waals surface area contributed by atoms with Crippen molar-refractivity contribution in [3.8, 4) is 0 Å². The number of nitrogens with two attached hydrogens (primary N) is 1. The minimum absolute atomic E-state index is 0.452. The van der Waals surface area contributed by atoms with Crippen molar-refractivity contribution in [2.45, 2.75) is 12.5 Å². The minimum atomic E-state index is -0.532. The number of hydrogen-bond acceptors (Lipinski definition) is 3. The molecule has 1 aliphatic heterocycles. The molecule has 0 saturated carbocycles. The van der Waals surface area contributed by atoms with Crippen molar-refractivity contribution < 1.29 is 4.79 Å². The minimum Gasteiger partial charge on any atom is -0.785 e. The van der Waals surface area contributed by atoms with E-state index < -0.39 is 11.9 Å². The van der Waals surface area contributed by atoms with Gasteiger partial charge in [-0.15, -0.1) is 0 Å². The van der Waals surface area contributed by atoms with Crippen LogP contribution in [0.15, 0.2) is 0 Å². The Kier molecular flexibility index (Phi) is 1.19. The standard InChI is InChI=1S/C4H7N2O2/c5-4(7)3-1-2-6(3)8/h3H,1-2H2,(H2,5,7)/q-1. The molecule has 1 atom stereocenters. The molecular weight excluding hydrogens is 108 g/mol. The van der Waals surface area contributed by atoms with Crippen molar-refractivity contribution in [3.05, 3.63) is 5.21 Å². The van der Waals surface area contributed by atoms with Gasteiger partial charge in [-0.3, -0.25) is 4.79 Å². The van der Waals surface area contributed by atoms with Crippen molar-refractivity contribution in [1.82, 2.24) is 5.06 Å². The highest BCUT2D eigenvalue weighted by molar-refractivity contribution is 5.80. The number of carbonyl (C=O) groups is 1. The van der Waals surface area contributed by atoms with Crippen LogP contribution in [0.25, 0.3) is 0 Å². The number of nitrogens with zero attached hydrogens (tertiary/aromatic N) is 1. The molecule has 4 heteroatoms. The lowest BCUT2D eigenvalue weighted by Gasteiger charge is -2.44.